The van der Waals surface area contributed by atoms with Crippen LogP contribution in [0.4, 0.5) is 0 Å². The molecule has 0 unspecified atom stereocenters. The molecule has 0 aliphatic heterocycles. The molecule has 0 N–H and O–H groups in total. The van der Waals surface area contributed by atoms with Gasteiger partial charge in [0.1, 0.15) is 4.60 Å². The first kappa shape index (κ1) is 12.2. The highest BCUT2D eigenvalue weighted by Gasteiger charge is 2.11. The second-order valence-electron chi connectivity index (χ2n) is 4.38. The molecule has 3 heteroatoms. The molecule has 0 spiro atoms. The van der Waals surface area contributed by atoms with E-state index in [1.165, 1.54) is 27.8 Å². The van der Waals surface area contributed by atoms with E-state index < -0.39 is 0 Å². The number of aromatic nitrogens is 2. The minimum absolute atomic E-state index is 0.765. The fourth-order valence-corrected chi connectivity index (χ4v) is 2.26. The Labute approximate surface area is 110 Å². The number of aryl methyl sites for hydroxylation is 2. The molecule has 1 aromatic carbocycles. The van der Waals surface area contributed by atoms with Crippen molar-refractivity contribution in [2.24, 2.45) is 0 Å². The predicted octanol–water partition coefficient (Wildman–Crippen LogP) is 4.14. The van der Waals surface area contributed by atoms with Crippen LogP contribution in [0.15, 0.2) is 22.8 Å². The maximum Gasteiger partial charge on any atom is 0.128 e. The van der Waals surface area contributed by atoms with Gasteiger partial charge in [-0.15, -0.1) is 10.2 Å². The minimum Gasteiger partial charge on any atom is -0.149 e. The van der Waals surface area contributed by atoms with Crippen molar-refractivity contribution >= 4 is 15.9 Å². The molecule has 2 aromatic rings. The fraction of sp³-hybridized carbons (Fsp3) is 0.286. The van der Waals surface area contributed by atoms with Gasteiger partial charge in [0.25, 0.3) is 0 Å². The zero-order valence-corrected chi connectivity index (χ0v) is 12.1. The third kappa shape index (κ3) is 2.25. The van der Waals surface area contributed by atoms with Crippen LogP contribution in [-0.4, -0.2) is 10.2 Å². The molecular weight excluding hydrogens is 276 g/mol. The second kappa shape index (κ2) is 4.57. The Morgan fingerprint density at radius 2 is 1.47 bits per heavy atom. The Kier molecular flexibility index (Phi) is 3.29. The molecule has 2 nitrogen and oxygen atoms in total. The van der Waals surface area contributed by atoms with E-state index in [4.69, 9.17) is 0 Å². The summed E-state index contributed by atoms with van der Waals surface area (Å²) in [5, 5.41) is 8.32. The molecule has 0 aliphatic rings. The summed E-state index contributed by atoms with van der Waals surface area (Å²) in [5.74, 6) is 0. The molecule has 0 atom stereocenters. The van der Waals surface area contributed by atoms with Crippen molar-refractivity contribution in [3.05, 3.63) is 45.1 Å². The van der Waals surface area contributed by atoms with Gasteiger partial charge < -0.3 is 0 Å². The van der Waals surface area contributed by atoms with E-state index in [0.29, 0.717) is 0 Å². The highest BCUT2D eigenvalue weighted by atomic mass is 79.9. The van der Waals surface area contributed by atoms with Gasteiger partial charge in [0, 0.05) is 5.56 Å². The molecule has 0 radical (unpaired) electrons. The highest BCUT2D eigenvalue weighted by Crippen LogP contribution is 2.30. The van der Waals surface area contributed by atoms with Gasteiger partial charge in [-0.25, -0.2) is 0 Å². The first-order valence-electron chi connectivity index (χ1n) is 5.57. The zero-order chi connectivity index (χ0) is 12.6. The number of hydrogen-bond acceptors (Lipinski definition) is 2. The van der Waals surface area contributed by atoms with Gasteiger partial charge in [-0.1, -0.05) is 6.07 Å². The Morgan fingerprint density at radius 3 is 1.94 bits per heavy atom. The lowest BCUT2D eigenvalue weighted by atomic mass is 9.92. The molecule has 0 saturated carbocycles. The average molecular weight is 291 g/mol. The summed E-state index contributed by atoms with van der Waals surface area (Å²) in [5.41, 5.74) is 7.31. The van der Waals surface area contributed by atoms with E-state index in [9.17, 15) is 0 Å². The molecule has 0 saturated heterocycles. The second-order valence-corrected chi connectivity index (χ2v) is 5.19. The van der Waals surface area contributed by atoms with Crippen molar-refractivity contribution in [1.82, 2.24) is 10.2 Å². The van der Waals surface area contributed by atoms with Crippen molar-refractivity contribution in [1.29, 1.82) is 0 Å². The molecule has 0 amide bonds. The Bertz CT molecular complexity index is 533. The molecule has 17 heavy (non-hydrogen) atoms. The Hall–Kier alpha value is -1.22. The van der Waals surface area contributed by atoms with Crippen molar-refractivity contribution in [2.75, 3.05) is 0 Å². The van der Waals surface area contributed by atoms with Gasteiger partial charge in [-0.05, 0) is 78.0 Å². The third-order valence-corrected chi connectivity index (χ3v) is 3.68. The summed E-state index contributed by atoms with van der Waals surface area (Å²) < 4.78 is 0.765. The lowest BCUT2D eigenvalue weighted by Crippen LogP contribution is -1.97. The first-order chi connectivity index (χ1) is 8.00. The smallest absolute Gasteiger partial charge is 0.128 e. The van der Waals surface area contributed by atoms with Gasteiger partial charge in [0.05, 0.1) is 5.69 Å². The summed E-state index contributed by atoms with van der Waals surface area (Å²) in [6.45, 7) is 8.55. The van der Waals surface area contributed by atoms with Crippen LogP contribution in [0.2, 0.25) is 0 Å². The summed E-state index contributed by atoms with van der Waals surface area (Å²) >= 11 is 3.31. The number of nitrogens with zero attached hydrogens (tertiary/aromatic N) is 2. The van der Waals surface area contributed by atoms with Crippen LogP contribution in [0, 0.1) is 27.7 Å². The maximum absolute atomic E-state index is 4.26. The van der Waals surface area contributed by atoms with E-state index in [0.717, 1.165) is 10.3 Å². The normalized spacial score (nSPS) is 10.6. The number of benzene rings is 1. The van der Waals surface area contributed by atoms with Crippen LogP contribution in [0.5, 0.6) is 0 Å². The molecule has 0 aliphatic carbocycles. The van der Waals surface area contributed by atoms with E-state index in [2.05, 4.69) is 59.9 Å². The van der Waals surface area contributed by atoms with Gasteiger partial charge >= 0.3 is 0 Å². The van der Waals surface area contributed by atoms with Gasteiger partial charge in [0.15, 0.2) is 0 Å². The molecule has 1 aromatic heterocycles. The predicted molar refractivity (Wildman–Crippen MR) is 74.1 cm³/mol. The Balaban J connectivity index is 2.70. The van der Waals surface area contributed by atoms with Crippen LogP contribution in [0.3, 0.4) is 0 Å². The van der Waals surface area contributed by atoms with Gasteiger partial charge in [0.2, 0.25) is 0 Å². The van der Waals surface area contributed by atoms with Gasteiger partial charge in [-0.2, -0.15) is 0 Å². The maximum atomic E-state index is 4.26. The summed E-state index contributed by atoms with van der Waals surface area (Å²) in [6.07, 6.45) is 0. The van der Waals surface area contributed by atoms with Gasteiger partial charge in [-0.3, -0.25) is 0 Å². The van der Waals surface area contributed by atoms with Crippen molar-refractivity contribution in [2.45, 2.75) is 27.7 Å². The zero-order valence-electron chi connectivity index (χ0n) is 10.5. The standard InChI is InChI=1S/C14H15BrN2/c1-8-7-9(2)11(4)14(10(8)3)12-5-6-13(15)17-16-12/h5-7H,1-4H3. The molecule has 0 bridgehead atoms. The average Bonchev–Trinajstić information content (AvgIpc) is 2.29. The molecule has 0 fully saturated rings. The van der Waals surface area contributed by atoms with E-state index in [1.54, 1.807) is 0 Å². The van der Waals surface area contributed by atoms with Crippen LogP contribution in [0.1, 0.15) is 22.3 Å². The van der Waals surface area contributed by atoms with Crippen LogP contribution in [-0.2, 0) is 0 Å². The van der Waals surface area contributed by atoms with Crippen molar-refractivity contribution in [3.8, 4) is 11.3 Å². The largest absolute Gasteiger partial charge is 0.149 e. The molecule has 88 valence electrons. The topological polar surface area (TPSA) is 25.8 Å². The monoisotopic (exact) mass is 290 g/mol. The molecular formula is C14H15BrN2. The van der Waals surface area contributed by atoms with Crippen LogP contribution in [0.25, 0.3) is 11.3 Å². The number of rotatable bonds is 1. The third-order valence-electron chi connectivity index (χ3n) is 3.25. The molecule has 1 heterocycles. The fourth-order valence-electron chi connectivity index (χ4n) is 2.05. The molecule has 2 rings (SSSR count). The van der Waals surface area contributed by atoms with Crippen molar-refractivity contribution < 1.29 is 0 Å². The van der Waals surface area contributed by atoms with E-state index >= 15 is 0 Å². The lowest BCUT2D eigenvalue weighted by molar-refractivity contribution is 1.01. The van der Waals surface area contributed by atoms with Crippen molar-refractivity contribution in [3.63, 3.8) is 0 Å². The Morgan fingerprint density at radius 1 is 0.882 bits per heavy atom. The highest BCUT2D eigenvalue weighted by molar-refractivity contribution is 9.10. The first-order valence-corrected chi connectivity index (χ1v) is 6.37. The lowest BCUT2D eigenvalue weighted by Gasteiger charge is -2.14. The number of halogens is 1. The van der Waals surface area contributed by atoms with E-state index in [1.807, 2.05) is 12.1 Å². The summed E-state index contributed by atoms with van der Waals surface area (Å²) in [4.78, 5) is 0. The van der Waals surface area contributed by atoms with Crippen LogP contribution >= 0.6 is 15.9 Å². The number of hydrogen-bond donors (Lipinski definition) is 0. The van der Waals surface area contributed by atoms with E-state index in [-0.39, 0.29) is 0 Å². The SMILES string of the molecule is Cc1cc(C)c(C)c(-c2ccc(Br)nn2)c1C. The van der Waals surface area contributed by atoms with Crippen LogP contribution < -0.4 is 0 Å². The quantitative estimate of drug-likeness (QED) is 0.789. The minimum atomic E-state index is 0.765. The summed E-state index contributed by atoms with van der Waals surface area (Å²) in [7, 11) is 0. The summed E-state index contributed by atoms with van der Waals surface area (Å²) in [6, 6.07) is 6.16.